The average Bonchev–Trinajstić information content (AvgIpc) is 2.61. The Hall–Kier alpha value is -3.35. The van der Waals surface area contributed by atoms with Gasteiger partial charge >= 0.3 is 6.36 Å². The number of nitrogens with one attached hydrogen (secondary N) is 1. The molecule has 2 rings (SSSR count). The fourth-order valence-electron chi connectivity index (χ4n) is 2.27. The number of benzene rings is 1. The van der Waals surface area contributed by atoms with Crippen molar-refractivity contribution in [1.82, 2.24) is 15.0 Å². The number of amides is 1. The van der Waals surface area contributed by atoms with Gasteiger partial charge in [0, 0.05) is 18.8 Å². The zero-order valence-corrected chi connectivity index (χ0v) is 15.2. The smallest absolute Gasteiger partial charge is 0.406 e. The maximum absolute atomic E-state index is 12.7. The number of hydrogen-bond acceptors (Lipinski definition) is 6. The van der Waals surface area contributed by atoms with E-state index in [2.05, 4.69) is 20.1 Å². The van der Waals surface area contributed by atoms with Crippen LogP contribution in [0.1, 0.15) is 25.2 Å². The molecule has 0 fully saturated rings. The van der Waals surface area contributed by atoms with E-state index in [1.165, 1.54) is 29.4 Å². The Labute approximate surface area is 159 Å². The number of halogens is 3. The number of ether oxygens (including phenoxy) is 1. The van der Waals surface area contributed by atoms with E-state index in [9.17, 15) is 18.0 Å². The van der Waals surface area contributed by atoms with Crippen molar-refractivity contribution in [2.75, 3.05) is 12.0 Å². The second kappa shape index (κ2) is 9.03. The van der Waals surface area contributed by atoms with Crippen LogP contribution in [-0.2, 0) is 11.2 Å². The molecule has 0 aliphatic heterocycles. The summed E-state index contributed by atoms with van der Waals surface area (Å²) in [5, 5.41) is 10.2. The average molecular weight is 393 g/mol. The highest BCUT2D eigenvalue weighted by molar-refractivity contribution is 5.80. The van der Waals surface area contributed by atoms with Crippen molar-refractivity contribution in [2.24, 2.45) is 5.92 Å². The predicted octanol–water partition coefficient (Wildman–Crippen LogP) is 3.30. The van der Waals surface area contributed by atoms with Crippen LogP contribution in [-0.4, -0.2) is 33.8 Å². The minimum absolute atomic E-state index is 0.0395. The van der Waals surface area contributed by atoms with Gasteiger partial charge in [-0.2, -0.15) is 5.26 Å². The normalized spacial score (nSPS) is 11.0. The summed E-state index contributed by atoms with van der Waals surface area (Å²) < 4.78 is 40.5. The Morgan fingerprint density at radius 2 is 1.96 bits per heavy atom. The van der Waals surface area contributed by atoms with Crippen molar-refractivity contribution in [3.05, 3.63) is 47.9 Å². The number of nitriles is 1. The zero-order valence-electron chi connectivity index (χ0n) is 15.2. The van der Waals surface area contributed by atoms with E-state index >= 15 is 0 Å². The van der Waals surface area contributed by atoms with Gasteiger partial charge in [-0.1, -0.05) is 26.0 Å². The van der Waals surface area contributed by atoms with Crippen molar-refractivity contribution in [1.29, 1.82) is 5.26 Å². The molecule has 0 radical (unpaired) electrons. The van der Waals surface area contributed by atoms with Gasteiger partial charge in [-0.3, -0.25) is 15.2 Å². The van der Waals surface area contributed by atoms with E-state index in [-0.39, 0.29) is 35.6 Å². The Morgan fingerprint density at radius 1 is 1.29 bits per heavy atom. The van der Waals surface area contributed by atoms with Crippen LogP contribution in [0, 0.1) is 17.2 Å². The third-order valence-electron chi connectivity index (χ3n) is 3.37. The lowest BCUT2D eigenvalue weighted by Crippen LogP contribution is -2.40. The Balaban J connectivity index is 2.09. The fraction of sp³-hybridized carbons (Fsp3) is 0.333. The lowest BCUT2D eigenvalue weighted by atomic mass is 10.1. The maximum Gasteiger partial charge on any atom is 0.573 e. The van der Waals surface area contributed by atoms with Crippen LogP contribution in [0.2, 0.25) is 0 Å². The van der Waals surface area contributed by atoms with Crippen LogP contribution >= 0.6 is 0 Å². The molecule has 1 aromatic heterocycles. The Morgan fingerprint density at radius 3 is 2.54 bits per heavy atom. The lowest BCUT2D eigenvalue weighted by molar-refractivity contribution is -0.274. The molecule has 1 heterocycles. The summed E-state index contributed by atoms with van der Waals surface area (Å²) in [4.78, 5) is 20.4. The number of alkyl halides is 3. The highest BCUT2D eigenvalue weighted by Gasteiger charge is 2.31. The highest BCUT2D eigenvalue weighted by Crippen LogP contribution is 2.23. The summed E-state index contributed by atoms with van der Waals surface area (Å²) in [6, 6.07) is 8.43. The molecule has 0 saturated carbocycles. The maximum atomic E-state index is 12.7. The van der Waals surface area contributed by atoms with Crippen LogP contribution in [0.5, 0.6) is 5.75 Å². The van der Waals surface area contributed by atoms with Gasteiger partial charge < -0.3 is 4.74 Å². The molecule has 148 valence electrons. The van der Waals surface area contributed by atoms with Crippen molar-refractivity contribution in [3.63, 3.8) is 0 Å². The molecule has 0 spiro atoms. The number of hydrogen-bond donors (Lipinski definition) is 1. The molecule has 0 saturated heterocycles. The topological polar surface area (TPSA) is 91.1 Å². The molecule has 7 nitrogen and oxygen atoms in total. The first kappa shape index (κ1) is 21.0. The fourth-order valence-corrected chi connectivity index (χ4v) is 2.27. The van der Waals surface area contributed by atoms with E-state index in [4.69, 9.17) is 5.26 Å². The largest absolute Gasteiger partial charge is 0.573 e. The first-order valence-corrected chi connectivity index (χ1v) is 8.31. The van der Waals surface area contributed by atoms with Gasteiger partial charge in [0.1, 0.15) is 17.6 Å². The summed E-state index contributed by atoms with van der Waals surface area (Å²) >= 11 is 0. The number of hydrazine groups is 1. The van der Waals surface area contributed by atoms with Crippen molar-refractivity contribution >= 4 is 11.7 Å². The van der Waals surface area contributed by atoms with Crippen LogP contribution in [0.4, 0.5) is 19.0 Å². The molecule has 10 heteroatoms. The van der Waals surface area contributed by atoms with E-state index in [1.54, 1.807) is 0 Å². The minimum atomic E-state index is -4.77. The number of aromatic nitrogens is 2. The molecule has 28 heavy (non-hydrogen) atoms. The molecule has 1 aromatic carbocycles. The first-order valence-electron chi connectivity index (χ1n) is 8.31. The van der Waals surface area contributed by atoms with E-state index < -0.39 is 6.36 Å². The van der Waals surface area contributed by atoms with Gasteiger partial charge in [0.05, 0.1) is 6.42 Å². The predicted molar refractivity (Wildman–Crippen MR) is 93.7 cm³/mol. The van der Waals surface area contributed by atoms with Gasteiger partial charge in [0.15, 0.2) is 0 Å². The van der Waals surface area contributed by atoms with Gasteiger partial charge in [0.2, 0.25) is 11.7 Å². The number of carbonyl (C=O) groups excluding carboxylic acids is 1. The number of carbonyl (C=O) groups is 1. The lowest BCUT2D eigenvalue weighted by Gasteiger charge is -2.25. The number of rotatable bonds is 7. The van der Waals surface area contributed by atoms with Crippen molar-refractivity contribution < 1.29 is 22.7 Å². The van der Waals surface area contributed by atoms with Gasteiger partial charge in [-0.25, -0.2) is 9.97 Å². The molecule has 2 aromatic rings. The molecular formula is C18H18F3N5O2. The summed E-state index contributed by atoms with van der Waals surface area (Å²) in [5.41, 5.74) is 3.38. The zero-order chi connectivity index (χ0) is 20.7. The van der Waals surface area contributed by atoms with Gasteiger partial charge in [-0.15, -0.1) is 13.2 Å². The molecule has 0 unspecified atom stereocenters. The molecule has 0 bridgehead atoms. The first-order chi connectivity index (χ1) is 13.2. The molecular weight excluding hydrogens is 375 g/mol. The van der Waals surface area contributed by atoms with E-state index in [0.29, 0.717) is 12.1 Å². The highest BCUT2D eigenvalue weighted by atomic mass is 19.4. The van der Waals surface area contributed by atoms with E-state index in [0.717, 1.165) is 12.1 Å². The Bertz CT molecular complexity index is 848. The Kier molecular flexibility index (Phi) is 6.76. The molecule has 0 atom stereocenters. The summed E-state index contributed by atoms with van der Waals surface area (Å²) in [7, 11) is 0. The second-order valence-corrected chi connectivity index (χ2v) is 6.26. The second-order valence-electron chi connectivity index (χ2n) is 6.26. The quantitative estimate of drug-likeness (QED) is 0.726. The molecule has 1 N–H and O–H groups in total. The monoisotopic (exact) mass is 393 g/mol. The number of anilines is 1. The molecule has 0 aliphatic carbocycles. The summed E-state index contributed by atoms with van der Waals surface area (Å²) in [6.07, 6.45) is -3.41. The minimum Gasteiger partial charge on any atom is -0.406 e. The van der Waals surface area contributed by atoms with Gasteiger partial charge in [-0.05, 0) is 23.6 Å². The van der Waals surface area contributed by atoms with Crippen molar-refractivity contribution in [2.45, 2.75) is 26.6 Å². The third-order valence-corrected chi connectivity index (χ3v) is 3.37. The SMILES string of the molecule is CC(C)CN(Nc1ccnc(C#N)n1)C(=O)Cc1ccc(OC(F)(F)F)cc1. The third kappa shape index (κ3) is 6.75. The van der Waals surface area contributed by atoms with Gasteiger partial charge in [0.25, 0.3) is 0 Å². The van der Waals surface area contributed by atoms with Crippen molar-refractivity contribution in [3.8, 4) is 11.8 Å². The molecule has 0 aliphatic rings. The van der Waals surface area contributed by atoms with Crippen LogP contribution in [0.3, 0.4) is 0 Å². The molecule has 1 amide bonds. The number of nitrogens with zero attached hydrogens (tertiary/aromatic N) is 4. The van der Waals surface area contributed by atoms with E-state index in [1.807, 2.05) is 19.9 Å². The van der Waals surface area contributed by atoms with Crippen LogP contribution in [0.25, 0.3) is 0 Å². The van der Waals surface area contributed by atoms with Crippen LogP contribution < -0.4 is 10.2 Å². The standard InChI is InChI=1S/C18H18F3N5O2/c1-12(2)11-26(25-15-7-8-23-16(10-22)24-15)17(27)9-13-3-5-14(6-4-13)28-18(19,20)21/h3-8,12H,9,11H2,1-2H3,(H,23,24,25). The van der Waals surface area contributed by atoms with Crippen LogP contribution in [0.15, 0.2) is 36.5 Å². The summed E-state index contributed by atoms with van der Waals surface area (Å²) in [6.45, 7) is 4.21. The summed E-state index contributed by atoms with van der Waals surface area (Å²) in [5.74, 6) is -0.283.